The van der Waals surface area contributed by atoms with E-state index in [0.717, 1.165) is 18.1 Å². The summed E-state index contributed by atoms with van der Waals surface area (Å²) in [6.07, 6.45) is 0.655. The van der Waals surface area contributed by atoms with Crippen molar-refractivity contribution in [2.45, 2.75) is 12.5 Å². The van der Waals surface area contributed by atoms with Gasteiger partial charge in [0.2, 0.25) is 0 Å². The summed E-state index contributed by atoms with van der Waals surface area (Å²) in [5, 5.41) is 0. The fourth-order valence-corrected chi connectivity index (χ4v) is 2.39. The smallest absolute Gasteiger partial charge is 0.134 e. The van der Waals surface area contributed by atoms with Crippen LogP contribution in [0.5, 0.6) is 5.75 Å². The molecule has 2 aromatic carbocycles. The minimum atomic E-state index is -0.590. The van der Waals surface area contributed by atoms with E-state index in [1.807, 2.05) is 12.1 Å². The molecule has 2 aromatic rings. The molecule has 0 saturated carbocycles. The van der Waals surface area contributed by atoms with E-state index in [0.29, 0.717) is 23.4 Å². The number of hydrogen-bond acceptors (Lipinski definition) is 2. The normalized spacial score (nSPS) is 17.1. The van der Waals surface area contributed by atoms with Gasteiger partial charge in [-0.1, -0.05) is 18.2 Å². The molecule has 0 aliphatic carbocycles. The lowest BCUT2D eigenvalue weighted by molar-refractivity contribution is 0.242. The molecule has 0 fully saturated rings. The Labute approximate surface area is 109 Å². The summed E-state index contributed by atoms with van der Waals surface area (Å²) in [7, 11) is 0. The quantitative estimate of drug-likeness (QED) is 0.902. The van der Waals surface area contributed by atoms with Gasteiger partial charge in [-0.25, -0.2) is 8.78 Å². The lowest BCUT2D eigenvalue weighted by atomic mass is 10.00. The van der Waals surface area contributed by atoms with E-state index in [4.69, 9.17) is 10.5 Å². The molecule has 19 heavy (non-hydrogen) atoms. The van der Waals surface area contributed by atoms with Gasteiger partial charge in [-0.15, -0.1) is 0 Å². The van der Waals surface area contributed by atoms with Gasteiger partial charge in [-0.2, -0.15) is 0 Å². The van der Waals surface area contributed by atoms with Crippen LogP contribution in [0, 0.1) is 11.6 Å². The van der Waals surface area contributed by atoms with E-state index >= 15 is 0 Å². The molecule has 98 valence electrons. The Balaban J connectivity index is 2.10. The maximum Gasteiger partial charge on any atom is 0.134 e. The highest BCUT2D eigenvalue weighted by atomic mass is 19.1. The largest absolute Gasteiger partial charge is 0.488 e. The van der Waals surface area contributed by atoms with Crippen molar-refractivity contribution in [2.75, 3.05) is 6.54 Å². The minimum absolute atomic E-state index is 0.0698. The van der Waals surface area contributed by atoms with Gasteiger partial charge in [0, 0.05) is 30.2 Å². The zero-order chi connectivity index (χ0) is 13.4. The molecule has 1 aliphatic heterocycles. The van der Waals surface area contributed by atoms with Crippen LogP contribution < -0.4 is 10.5 Å². The monoisotopic (exact) mass is 261 g/mol. The summed E-state index contributed by atoms with van der Waals surface area (Å²) < 4.78 is 32.6. The molecule has 1 unspecified atom stereocenters. The van der Waals surface area contributed by atoms with Crippen molar-refractivity contribution in [3.8, 4) is 16.9 Å². The number of nitrogens with two attached hydrogens (primary N) is 1. The first-order valence-corrected chi connectivity index (χ1v) is 6.13. The van der Waals surface area contributed by atoms with Crippen LogP contribution in [0.15, 0.2) is 36.4 Å². The van der Waals surface area contributed by atoms with Crippen LogP contribution in [0.2, 0.25) is 0 Å². The third-order valence-corrected chi connectivity index (χ3v) is 3.31. The number of rotatable bonds is 2. The Kier molecular flexibility index (Phi) is 2.95. The standard InChI is InChI=1S/C15H13F2NO/c16-10-4-5-12(14(17)7-10)13-3-1-2-9-6-11(8-18)19-15(9)13/h1-5,7,11H,6,8,18H2. The SMILES string of the molecule is NCC1Cc2cccc(-c3ccc(F)cc3F)c2O1. The first-order chi connectivity index (χ1) is 9.19. The predicted octanol–water partition coefficient (Wildman–Crippen LogP) is 2.89. The molecule has 0 aromatic heterocycles. The second kappa shape index (κ2) is 4.63. The molecule has 0 bridgehead atoms. The van der Waals surface area contributed by atoms with Gasteiger partial charge in [0.25, 0.3) is 0 Å². The van der Waals surface area contributed by atoms with E-state index in [1.165, 1.54) is 12.1 Å². The molecule has 1 heterocycles. The van der Waals surface area contributed by atoms with Gasteiger partial charge in [0.1, 0.15) is 23.5 Å². The van der Waals surface area contributed by atoms with Crippen molar-refractivity contribution in [1.29, 1.82) is 0 Å². The summed E-state index contributed by atoms with van der Waals surface area (Å²) in [6.45, 7) is 0.417. The van der Waals surface area contributed by atoms with E-state index in [2.05, 4.69) is 0 Å². The van der Waals surface area contributed by atoms with E-state index < -0.39 is 11.6 Å². The van der Waals surface area contributed by atoms with Crippen LogP contribution in [0.3, 0.4) is 0 Å². The lowest BCUT2D eigenvalue weighted by Crippen LogP contribution is -2.24. The first kappa shape index (κ1) is 12.1. The van der Waals surface area contributed by atoms with Crippen molar-refractivity contribution in [1.82, 2.24) is 0 Å². The zero-order valence-corrected chi connectivity index (χ0v) is 10.2. The Hall–Kier alpha value is -1.94. The minimum Gasteiger partial charge on any atom is -0.488 e. The van der Waals surface area contributed by atoms with Gasteiger partial charge >= 0.3 is 0 Å². The van der Waals surface area contributed by atoms with Crippen LogP contribution in [0.1, 0.15) is 5.56 Å². The maximum absolute atomic E-state index is 13.9. The average Bonchev–Trinajstić information content (AvgIpc) is 2.82. The highest BCUT2D eigenvalue weighted by Crippen LogP contribution is 2.39. The Bertz CT molecular complexity index is 628. The van der Waals surface area contributed by atoms with Crippen LogP contribution in [-0.4, -0.2) is 12.6 Å². The Morgan fingerprint density at radius 1 is 1.16 bits per heavy atom. The Morgan fingerprint density at radius 2 is 2.00 bits per heavy atom. The summed E-state index contributed by atoms with van der Waals surface area (Å²) in [4.78, 5) is 0. The fourth-order valence-electron chi connectivity index (χ4n) is 2.39. The van der Waals surface area contributed by atoms with E-state index in [-0.39, 0.29) is 6.10 Å². The third-order valence-electron chi connectivity index (χ3n) is 3.31. The van der Waals surface area contributed by atoms with E-state index in [1.54, 1.807) is 6.07 Å². The summed E-state index contributed by atoms with van der Waals surface area (Å²) >= 11 is 0. The molecule has 0 amide bonds. The molecule has 1 aliphatic rings. The molecule has 0 radical (unpaired) electrons. The maximum atomic E-state index is 13.9. The molecule has 2 N–H and O–H groups in total. The van der Waals surface area contributed by atoms with Crippen molar-refractivity contribution in [3.05, 3.63) is 53.6 Å². The van der Waals surface area contributed by atoms with Gasteiger partial charge in [-0.3, -0.25) is 0 Å². The second-order valence-electron chi connectivity index (χ2n) is 4.60. The van der Waals surface area contributed by atoms with Crippen molar-refractivity contribution in [3.63, 3.8) is 0 Å². The zero-order valence-electron chi connectivity index (χ0n) is 10.2. The number of para-hydroxylation sites is 1. The highest BCUT2D eigenvalue weighted by Gasteiger charge is 2.25. The fraction of sp³-hybridized carbons (Fsp3) is 0.200. The third kappa shape index (κ3) is 2.08. The van der Waals surface area contributed by atoms with Gasteiger partial charge < -0.3 is 10.5 Å². The second-order valence-corrected chi connectivity index (χ2v) is 4.60. The molecule has 1 atom stereocenters. The molecular formula is C15H13F2NO. The van der Waals surface area contributed by atoms with Crippen molar-refractivity contribution >= 4 is 0 Å². The van der Waals surface area contributed by atoms with Gasteiger partial charge in [0.15, 0.2) is 0 Å². The molecule has 0 saturated heterocycles. The number of ether oxygens (including phenoxy) is 1. The van der Waals surface area contributed by atoms with Crippen LogP contribution in [-0.2, 0) is 6.42 Å². The molecule has 0 spiro atoms. The van der Waals surface area contributed by atoms with Crippen LogP contribution in [0.4, 0.5) is 8.78 Å². The van der Waals surface area contributed by atoms with E-state index in [9.17, 15) is 8.78 Å². The molecule has 3 rings (SSSR count). The molecule has 4 heteroatoms. The van der Waals surface area contributed by atoms with Gasteiger partial charge in [0.05, 0.1) is 0 Å². The number of halogens is 2. The number of benzene rings is 2. The van der Waals surface area contributed by atoms with Crippen LogP contribution >= 0.6 is 0 Å². The van der Waals surface area contributed by atoms with Crippen LogP contribution in [0.25, 0.3) is 11.1 Å². The van der Waals surface area contributed by atoms with Crippen molar-refractivity contribution in [2.24, 2.45) is 5.73 Å². The molecule has 2 nitrogen and oxygen atoms in total. The summed E-state index contributed by atoms with van der Waals surface area (Å²) in [5.74, 6) is -0.522. The lowest BCUT2D eigenvalue weighted by Gasteiger charge is -2.11. The summed E-state index contributed by atoms with van der Waals surface area (Å²) in [5.41, 5.74) is 7.60. The molecular weight excluding hydrogens is 248 g/mol. The van der Waals surface area contributed by atoms with Gasteiger partial charge in [-0.05, 0) is 17.7 Å². The first-order valence-electron chi connectivity index (χ1n) is 6.13. The van der Waals surface area contributed by atoms with Crippen molar-refractivity contribution < 1.29 is 13.5 Å². The Morgan fingerprint density at radius 3 is 2.74 bits per heavy atom. The topological polar surface area (TPSA) is 35.2 Å². The summed E-state index contributed by atoms with van der Waals surface area (Å²) in [6, 6.07) is 9.11. The average molecular weight is 261 g/mol. The predicted molar refractivity (Wildman–Crippen MR) is 69.0 cm³/mol. The highest BCUT2D eigenvalue weighted by molar-refractivity contribution is 5.73. The number of hydrogen-bond donors (Lipinski definition) is 1. The number of fused-ring (bicyclic) bond motifs is 1.